The Hall–Kier alpha value is -3.50. The van der Waals surface area contributed by atoms with Crippen LogP contribution >= 0.6 is 0 Å². The number of rotatable bonds is 7. The molecule has 0 aromatic heterocycles. The summed E-state index contributed by atoms with van der Waals surface area (Å²) in [4.78, 5) is 5.71. The highest BCUT2D eigenvalue weighted by Gasteiger charge is 2.34. The molecule has 1 aliphatic rings. The first-order chi connectivity index (χ1) is 14.8. The lowest BCUT2D eigenvalue weighted by Gasteiger charge is -2.14. The summed E-state index contributed by atoms with van der Waals surface area (Å²) >= 11 is 0. The van der Waals surface area contributed by atoms with E-state index in [0.29, 0.717) is 13.2 Å². The summed E-state index contributed by atoms with van der Waals surface area (Å²) in [5, 5.41) is 4.48. The summed E-state index contributed by atoms with van der Waals surface area (Å²) in [5.74, 6) is -0.272. The topological polar surface area (TPSA) is 30.8 Å². The molecule has 1 atom stereocenters. The average molecular weight is 399 g/mol. The molecule has 0 saturated carbocycles. The lowest BCUT2D eigenvalue weighted by Crippen LogP contribution is -2.06. The molecule has 1 aliphatic carbocycles. The predicted molar refractivity (Wildman–Crippen MR) is 117 cm³/mol. The molecule has 3 aromatic carbocycles. The molecule has 0 saturated heterocycles. The third kappa shape index (κ3) is 4.39. The van der Waals surface area contributed by atoms with Crippen LogP contribution < -0.4 is 0 Å². The molecule has 0 spiro atoms. The number of hydrogen-bond donors (Lipinski definition) is 0. The van der Waals surface area contributed by atoms with Crippen LogP contribution in [-0.4, -0.2) is 12.3 Å². The van der Waals surface area contributed by atoms with Gasteiger partial charge < -0.3 is 9.57 Å². The Morgan fingerprint density at radius 1 is 0.933 bits per heavy atom. The summed E-state index contributed by atoms with van der Waals surface area (Å²) < 4.78 is 19.4. The zero-order valence-electron chi connectivity index (χ0n) is 16.5. The second-order valence-electron chi connectivity index (χ2n) is 6.94. The van der Waals surface area contributed by atoms with Gasteiger partial charge in [-0.3, -0.25) is 0 Å². The Balaban J connectivity index is 1.72. The molecule has 30 heavy (non-hydrogen) atoms. The van der Waals surface area contributed by atoms with Crippen molar-refractivity contribution >= 4 is 11.8 Å². The van der Waals surface area contributed by atoms with Gasteiger partial charge in [-0.1, -0.05) is 78.0 Å². The number of ether oxygens (including phenoxy) is 1. The van der Waals surface area contributed by atoms with E-state index in [1.165, 1.54) is 12.1 Å². The maximum absolute atomic E-state index is 13.4. The first-order valence-electron chi connectivity index (χ1n) is 9.79. The second-order valence-corrected chi connectivity index (χ2v) is 6.94. The molecule has 150 valence electrons. The normalized spacial score (nSPS) is 17.8. The van der Waals surface area contributed by atoms with Gasteiger partial charge in [-0.05, 0) is 34.9 Å². The van der Waals surface area contributed by atoms with Crippen LogP contribution in [-0.2, 0) is 16.2 Å². The van der Waals surface area contributed by atoms with Gasteiger partial charge in [-0.25, -0.2) is 4.39 Å². The third-order valence-electron chi connectivity index (χ3n) is 4.86. The minimum atomic E-state index is -0.302. The quantitative estimate of drug-likeness (QED) is 0.356. The van der Waals surface area contributed by atoms with Crippen molar-refractivity contribution in [2.45, 2.75) is 12.7 Å². The molecule has 0 heterocycles. The third-order valence-corrected chi connectivity index (χ3v) is 4.86. The van der Waals surface area contributed by atoms with Crippen molar-refractivity contribution in [1.29, 1.82) is 0 Å². The molecule has 3 aromatic rings. The van der Waals surface area contributed by atoms with Crippen molar-refractivity contribution in [1.82, 2.24) is 0 Å². The largest absolute Gasteiger partial charge is 0.390 e. The Bertz CT molecular complexity index is 1070. The minimum Gasteiger partial charge on any atom is -0.390 e. The van der Waals surface area contributed by atoms with Crippen LogP contribution in [0.3, 0.4) is 0 Å². The molecule has 0 aliphatic heterocycles. The first kappa shape index (κ1) is 19.8. The van der Waals surface area contributed by atoms with Crippen LogP contribution in [0.15, 0.2) is 102 Å². The van der Waals surface area contributed by atoms with Gasteiger partial charge >= 0.3 is 0 Å². The summed E-state index contributed by atoms with van der Waals surface area (Å²) in [6.07, 6.45) is 3.39. The highest BCUT2D eigenvalue weighted by molar-refractivity contribution is 6.19. The van der Waals surface area contributed by atoms with Gasteiger partial charge in [0.25, 0.3) is 0 Å². The van der Waals surface area contributed by atoms with Gasteiger partial charge in [-0.2, -0.15) is 0 Å². The highest BCUT2D eigenvalue weighted by atomic mass is 19.1. The molecule has 0 radical (unpaired) electrons. The van der Waals surface area contributed by atoms with Gasteiger partial charge in [0.2, 0.25) is 0 Å². The molecule has 0 bridgehead atoms. The zero-order valence-corrected chi connectivity index (χ0v) is 16.5. The van der Waals surface area contributed by atoms with Crippen molar-refractivity contribution in [2.75, 3.05) is 6.61 Å². The molecular formula is C26H22FNO2. The fourth-order valence-corrected chi connectivity index (χ4v) is 3.46. The average Bonchev–Trinajstić information content (AvgIpc) is 3.07. The maximum atomic E-state index is 13.4. The minimum absolute atomic E-state index is 0.272. The fourth-order valence-electron chi connectivity index (χ4n) is 3.46. The van der Waals surface area contributed by atoms with Crippen molar-refractivity contribution in [2.24, 2.45) is 5.16 Å². The zero-order chi connectivity index (χ0) is 20.8. The van der Waals surface area contributed by atoms with E-state index in [1.54, 1.807) is 18.2 Å². The number of halogens is 1. The number of fused-ring (bicyclic) bond motifs is 1. The summed E-state index contributed by atoms with van der Waals surface area (Å²) in [6, 6.07) is 24.2. The van der Waals surface area contributed by atoms with E-state index in [-0.39, 0.29) is 11.9 Å². The van der Waals surface area contributed by atoms with Gasteiger partial charge in [0.15, 0.2) is 0 Å². The second kappa shape index (κ2) is 9.33. The number of benzene rings is 3. The lowest BCUT2D eigenvalue weighted by molar-refractivity contribution is 0.107. The van der Waals surface area contributed by atoms with E-state index < -0.39 is 0 Å². The summed E-state index contributed by atoms with van der Waals surface area (Å²) in [7, 11) is 0. The fraction of sp³-hybridized carbons (Fsp3) is 0.115. The number of nitrogens with zero attached hydrogens (tertiary/aromatic N) is 1. The molecule has 1 unspecified atom stereocenters. The lowest BCUT2D eigenvalue weighted by atomic mass is 10.1. The number of hydrogen-bond acceptors (Lipinski definition) is 3. The highest BCUT2D eigenvalue weighted by Crippen LogP contribution is 2.40. The van der Waals surface area contributed by atoms with Crippen molar-refractivity contribution in [3.05, 3.63) is 125 Å². The summed E-state index contributed by atoms with van der Waals surface area (Å²) in [5.41, 5.74) is 5.49. The van der Waals surface area contributed by atoms with E-state index >= 15 is 0 Å². The van der Waals surface area contributed by atoms with E-state index in [2.05, 4.69) is 11.7 Å². The SMILES string of the molecule is C=CCOC1C(=C/c2ccc(F)cc2)/C(=N/OCc2ccccc2)c2ccccc21. The predicted octanol–water partition coefficient (Wildman–Crippen LogP) is 6.09. The van der Waals surface area contributed by atoms with Crippen LogP contribution in [0.5, 0.6) is 0 Å². The van der Waals surface area contributed by atoms with Gasteiger partial charge in [0.1, 0.15) is 24.2 Å². The number of oxime groups is 1. The van der Waals surface area contributed by atoms with Gasteiger partial charge in [0.05, 0.1) is 6.61 Å². The summed E-state index contributed by atoms with van der Waals surface area (Å²) in [6.45, 7) is 4.53. The van der Waals surface area contributed by atoms with Crippen LogP contribution in [0.25, 0.3) is 6.08 Å². The van der Waals surface area contributed by atoms with Crippen LogP contribution in [0.2, 0.25) is 0 Å². The first-order valence-corrected chi connectivity index (χ1v) is 9.79. The van der Waals surface area contributed by atoms with Crippen molar-refractivity contribution < 1.29 is 14.0 Å². The Morgan fingerprint density at radius 3 is 2.43 bits per heavy atom. The van der Waals surface area contributed by atoms with Crippen molar-refractivity contribution in [3.8, 4) is 0 Å². The molecule has 0 N–H and O–H groups in total. The molecule has 4 rings (SSSR count). The molecule has 0 fully saturated rings. The monoisotopic (exact) mass is 399 g/mol. The Labute approximate surface area is 175 Å². The van der Waals surface area contributed by atoms with Crippen LogP contribution in [0.1, 0.15) is 28.4 Å². The van der Waals surface area contributed by atoms with Gasteiger partial charge in [0, 0.05) is 11.1 Å². The molecule has 3 nitrogen and oxygen atoms in total. The molecule has 0 amide bonds. The van der Waals surface area contributed by atoms with E-state index in [4.69, 9.17) is 9.57 Å². The van der Waals surface area contributed by atoms with Crippen molar-refractivity contribution in [3.63, 3.8) is 0 Å². The maximum Gasteiger partial charge on any atom is 0.142 e. The van der Waals surface area contributed by atoms with E-state index in [1.807, 2.05) is 60.7 Å². The van der Waals surface area contributed by atoms with E-state index in [0.717, 1.165) is 33.5 Å². The molecule has 4 heteroatoms. The van der Waals surface area contributed by atoms with Crippen LogP contribution in [0.4, 0.5) is 4.39 Å². The Kier molecular flexibility index (Phi) is 6.16. The Morgan fingerprint density at radius 2 is 1.67 bits per heavy atom. The van der Waals surface area contributed by atoms with Crippen LogP contribution in [0, 0.1) is 5.82 Å². The van der Waals surface area contributed by atoms with E-state index in [9.17, 15) is 4.39 Å². The smallest absolute Gasteiger partial charge is 0.142 e. The molecular weight excluding hydrogens is 377 g/mol. The standard InChI is InChI=1S/C26H22FNO2/c1-2-16-29-26-23-11-7-6-10-22(23)25(28-30-18-20-8-4-3-5-9-20)24(26)17-19-12-14-21(27)15-13-19/h2-15,17,26H,1,16,18H2/b24-17+,28-25+. The van der Waals surface area contributed by atoms with Gasteiger partial charge in [-0.15, -0.1) is 6.58 Å².